The molecular weight excluding hydrogens is 202 g/mol. The van der Waals surface area contributed by atoms with E-state index in [0.717, 1.165) is 10.7 Å². The van der Waals surface area contributed by atoms with Crippen LogP contribution in [0.3, 0.4) is 0 Å². The van der Waals surface area contributed by atoms with Crippen LogP contribution in [0.4, 0.5) is 5.69 Å². The van der Waals surface area contributed by atoms with Crippen molar-refractivity contribution in [2.24, 2.45) is 16.7 Å². The molecule has 0 spiro atoms. The number of nitriles is 1. The van der Waals surface area contributed by atoms with Gasteiger partial charge in [-0.05, 0) is 36.8 Å². The topological polar surface area (TPSA) is 91.4 Å². The van der Waals surface area contributed by atoms with Crippen molar-refractivity contribution in [2.45, 2.75) is 6.92 Å². The Labute approximate surface area is 94.2 Å². The maximum atomic E-state index is 8.78. The average molecular weight is 215 g/mol. The fourth-order valence-corrected chi connectivity index (χ4v) is 1.14. The van der Waals surface area contributed by atoms with Gasteiger partial charge in [0.25, 0.3) is 0 Å². The van der Waals surface area contributed by atoms with E-state index in [0.29, 0.717) is 11.3 Å². The number of nitrogens with zero attached hydrogens (tertiary/aromatic N) is 3. The number of aryl methyl sites for hydroxylation is 1. The van der Waals surface area contributed by atoms with Gasteiger partial charge in [-0.15, -0.1) is 5.10 Å². The molecule has 0 saturated carbocycles. The number of nitrogens with two attached hydrogens (primary N) is 2. The van der Waals surface area contributed by atoms with E-state index in [9.17, 15) is 0 Å². The first-order valence-electron chi connectivity index (χ1n) is 4.60. The molecule has 5 heteroatoms. The van der Waals surface area contributed by atoms with E-state index >= 15 is 0 Å². The molecule has 16 heavy (non-hydrogen) atoms. The molecule has 1 aromatic rings. The zero-order valence-corrected chi connectivity index (χ0v) is 9.01. The summed E-state index contributed by atoms with van der Waals surface area (Å²) in [7, 11) is 0. The molecule has 0 amide bonds. The van der Waals surface area contributed by atoms with Gasteiger partial charge in [0, 0.05) is 0 Å². The van der Waals surface area contributed by atoms with E-state index < -0.39 is 0 Å². The maximum Gasteiger partial charge on any atom is 0.144 e. The zero-order valence-electron chi connectivity index (χ0n) is 9.01. The van der Waals surface area contributed by atoms with Crippen LogP contribution in [0, 0.1) is 18.3 Å². The number of hydrazine groups is 1. The Morgan fingerprint density at radius 1 is 1.62 bits per heavy atom. The molecule has 0 aliphatic heterocycles. The first kappa shape index (κ1) is 11.8. The van der Waals surface area contributed by atoms with Gasteiger partial charge in [0.05, 0.1) is 17.3 Å². The van der Waals surface area contributed by atoms with Crippen LogP contribution in [-0.4, -0.2) is 5.84 Å². The maximum absolute atomic E-state index is 8.78. The van der Waals surface area contributed by atoms with Gasteiger partial charge in [-0.3, -0.25) is 0 Å². The molecule has 0 radical (unpaired) electrons. The molecule has 0 atom stereocenters. The number of rotatable bonds is 3. The Hall–Kier alpha value is -2.32. The lowest BCUT2D eigenvalue weighted by Crippen LogP contribution is -2.28. The molecule has 0 bridgehead atoms. The quantitative estimate of drug-likeness (QED) is 0.340. The molecule has 0 aliphatic carbocycles. The summed E-state index contributed by atoms with van der Waals surface area (Å²) >= 11 is 0. The second-order valence-corrected chi connectivity index (χ2v) is 3.18. The first-order chi connectivity index (χ1) is 7.58. The summed E-state index contributed by atoms with van der Waals surface area (Å²) in [4.78, 5) is 0. The Morgan fingerprint density at radius 3 is 2.81 bits per heavy atom. The second kappa shape index (κ2) is 4.96. The van der Waals surface area contributed by atoms with Crippen LogP contribution in [0.5, 0.6) is 0 Å². The molecular formula is C11H13N5. The number of benzene rings is 1. The highest BCUT2D eigenvalue weighted by Gasteiger charge is 2.03. The van der Waals surface area contributed by atoms with Crippen molar-refractivity contribution in [3.8, 4) is 6.07 Å². The summed E-state index contributed by atoms with van der Waals surface area (Å²) < 4.78 is 0. The number of hydrogen-bond acceptors (Lipinski definition) is 4. The van der Waals surface area contributed by atoms with Crippen LogP contribution in [-0.2, 0) is 0 Å². The summed E-state index contributed by atoms with van der Waals surface area (Å²) in [5.41, 5.74) is 7.56. The summed E-state index contributed by atoms with van der Waals surface area (Å²) in [5, 5.41) is 13.8. The second-order valence-electron chi connectivity index (χ2n) is 3.18. The highest BCUT2D eigenvalue weighted by molar-refractivity contribution is 5.91. The van der Waals surface area contributed by atoms with Crippen molar-refractivity contribution in [1.82, 2.24) is 0 Å². The largest absolute Gasteiger partial charge is 0.382 e. The lowest BCUT2D eigenvalue weighted by molar-refractivity contribution is 0.922. The van der Waals surface area contributed by atoms with Gasteiger partial charge in [0.2, 0.25) is 0 Å². The van der Waals surface area contributed by atoms with Gasteiger partial charge in [0.15, 0.2) is 0 Å². The Bertz CT molecular complexity index is 470. The van der Waals surface area contributed by atoms with Gasteiger partial charge >= 0.3 is 0 Å². The van der Waals surface area contributed by atoms with E-state index in [2.05, 4.69) is 17.7 Å². The number of amidine groups is 1. The van der Waals surface area contributed by atoms with Gasteiger partial charge in [-0.1, -0.05) is 6.58 Å². The molecule has 1 rings (SSSR count). The smallest absolute Gasteiger partial charge is 0.144 e. The molecule has 0 unspecified atom stereocenters. The lowest BCUT2D eigenvalue weighted by Gasteiger charge is -2.13. The van der Waals surface area contributed by atoms with Crippen molar-refractivity contribution in [3.63, 3.8) is 0 Å². The highest BCUT2D eigenvalue weighted by Crippen LogP contribution is 2.16. The van der Waals surface area contributed by atoms with Gasteiger partial charge in [-0.25, -0.2) is 5.84 Å². The molecule has 4 N–H and O–H groups in total. The summed E-state index contributed by atoms with van der Waals surface area (Å²) in [5.74, 6) is 5.89. The molecule has 0 fully saturated rings. The number of anilines is 1. The summed E-state index contributed by atoms with van der Waals surface area (Å²) in [6.45, 7) is 5.30. The third-order valence-electron chi connectivity index (χ3n) is 2.03. The third kappa shape index (κ3) is 2.59. The molecule has 0 heterocycles. The first-order valence-corrected chi connectivity index (χ1v) is 4.60. The normalized spacial score (nSPS) is 10.7. The predicted molar refractivity (Wildman–Crippen MR) is 64.4 cm³/mol. The van der Waals surface area contributed by atoms with Crippen LogP contribution in [0.15, 0.2) is 36.0 Å². The van der Waals surface area contributed by atoms with E-state index in [1.54, 1.807) is 18.2 Å². The van der Waals surface area contributed by atoms with Gasteiger partial charge in [-0.2, -0.15) is 10.4 Å². The van der Waals surface area contributed by atoms with Crippen LogP contribution >= 0.6 is 0 Å². The highest BCUT2D eigenvalue weighted by atomic mass is 15.6. The van der Waals surface area contributed by atoms with Crippen LogP contribution in [0.1, 0.15) is 11.1 Å². The summed E-state index contributed by atoms with van der Waals surface area (Å²) in [6, 6.07) is 7.22. The molecule has 0 aromatic heterocycles. The Kier molecular flexibility index (Phi) is 3.64. The van der Waals surface area contributed by atoms with Crippen LogP contribution in [0.2, 0.25) is 0 Å². The van der Waals surface area contributed by atoms with Crippen molar-refractivity contribution in [1.29, 1.82) is 5.26 Å². The molecule has 82 valence electrons. The molecule has 1 aromatic carbocycles. The number of hydrazone groups is 1. The van der Waals surface area contributed by atoms with Crippen molar-refractivity contribution < 1.29 is 0 Å². The van der Waals surface area contributed by atoms with Crippen molar-refractivity contribution in [3.05, 3.63) is 42.0 Å². The Balaban J connectivity index is 3.03. The predicted octanol–water partition coefficient (Wildman–Crippen LogP) is 1.00. The number of hydrogen-bond donors (Lipinski definition) is 2. The Morgan fingerprint density at radius 2 is 2.31 bits per heavy atom. The average Bonchev–Trinajstić information content (AvgIpc) is 2.28. The van der Waals surface area contributed by atoms with Crippen LogP contribution in [0.25, 0.3) is 0 Å². The van der Waals surface area contributed by atoms with Crippen LogP contribution < -0.4 is 16.7 Å². The van der Waals surface area contributed by atoms with Gasteiger partial charge < -0.3 is 5.73 Å². The summed E-state index contributed by atoms with van der Waals surface area (Å²) in [6.07, 6.45) is 1.40. The molecule has 0 aliphatic rings. The standard InChI is InChI=1S/C11H13N5/c1-3-11(13)15-16(14)10-5-4-9(7-12)8(2)6-10/h3-6H,1,14H2,2H3,(H2,13,15). The minimum Gasteiger partial charge on any atom is -0.382 e. The fourth-order valence-electron chi connectivity index (χ4n) is 1.14. The van der Waals surface area contributed by atoms with Gasteiger partial charge in [0.1, 0.15) is 5.84 Å². The SMILES string of the molecule is C=C/C(N)=N/N(N)c1ccc(C#N)c(C)c1. The minimum absolute atomic E-state index is 0.226. The van der Waals surface area contributed by atoms with E-state index in [-0.39, 0.29) is 5.84 Å². The van der Waals surface area contributed by atoms with E-state index in [1.165, 1.54) is 6.08 Å². The molecule has 0 saturated heterocycles. The fraction of sp³-hybridized carbons (Fsp3) is 0.0909. The van der Waals surface area contributed by atoms with E-state index in [4.69, 9.17) is 16.8 Å². The third-order valence-corrected chi connectivity index (χ3v) is 2.03. The van der Waals surface area contributed by atoms with Crippen molar-refractivity contribution in [2.75, 3.05) is 5.12 Å². The minimum atomic E-state index is 0.226. The zero-order chi connectivity index (χ0) is 12.1. The monoisotopic (exact) mass is 215 g/mol. The van der Waals surface area contributed by atoms with Crippen molar-refractivity contribution >= 4 is 11.5 Å². The van der Waals surface area contributed by atoms with E-state index in [1.807, 2.05) is 6.92 Å². The molecule has 5 nitrogen and oxygen atoms in total. The lowest BCUT2D eigenvalue weighted by atomic mass is 10.1.